The molecule has 0 saturated carbocycles. The molecule has 0 atom stereocenters. The van der Waals surface area contributed by atoms with Crippen LogP contribution in [-0.4, -0.2) is 27.8 Å². The van der Waals surface area contributed by atoms with Crippen molar-refractivity contribution < 1.29 is 10.2 Å². The Labute approximate surface area is 63.3 Å². The fraction of sp³-hybridized carbons (Fsp3) is 0.667. The molecule has 2 nitrogen and oxygen atoms in total. The van der Waals surface area contributed by atoms with Crippen LogP contribution in [0.1, 0.15) is 6.42 Å². The van der Waals surface area contributed by atoms with Crippen molar-refractivity contribution in [2.75, 3.05) is 13.2 Å². The molecule has 0 radical (unpaired) electrons. The lowest BCUT2D eigenvalue weighted by Gasteiger charge is -2.19. The van der Waals surface area contributed by atoms with Gasteiger partial charge in [0.05, 0.1) is 17.5 Å². The van der Waals surface area contributed by atoms with Gasteiger partial charge in [-0.1, -0.05) is 22.0 Å². The summed E-state index contributed by atoms with van der Waals surface area (Å²) in [5.41, 5.74) is 0. The molecule has 0 aromatic heterocycles. The minimum atomic E-state index is -0.561. The molecule has 0 aromatic carbocycles. The van der Waals surface area contributed by atoms with Gasteiger partial charge in [-0.25, -0.2) is 0 Å². The molecule has 0 aliphatic heterocycles. The van der Waals surface area contributed by atoms with Gasteiger partial charge < -0.3 is 10.2 Å². The molecular formula is C6H11BrO2. The number of alkyl halides is 1. The fourth-order valence-electron chi connectivity index (χ4n) is 0.438. The number of allylic oxidation sites excluding steroid dienone is 1. The predicted octanol–water partition coefficient (Wildman–Crippen LogP) is 0.681. The highest BCUT2D eigenvalue weighted by Gasteiger charge is 2.22. The molecular weight excluding hydrogens is 184 g/mol. The van der Waals surface area contributed by atoms with Gasteiger partial charge in [-0.3, -0.25) is 0 Å². The first kappa shape index (κ1) is 9.14. The predicted molar refractivity (Wildman–Crippen MR) is 40.6 cm³/mol. The highest BCUT2D eigenvalue weighted by Crippen LogP contribution is 2.20. The zero-order valence-electron chi connectivity index (χ0n) is 5.18. The lowest BCUT2D eigenvalue weighted by molar-refractivity contribution is 0.178. The molecule has 0 aliphatic rings. The third-order valence-electron chi connectivity index (χ3n) is 1.08. The Kier molecular flexibility index (Phi) is 4.10. The molecule has 54 valence electrons. The molecule has 0 aromatic rings. The SMILES string of the molecule is C=CCC(Br)(CO)CO. The van der Waals surface area contributed by atoms with E-state index in [0.29, 0.717) is 6.42 Å². The summed E-state index contributed by atoms with van der Waals surface area (Å²) in [7, 11) is 0. The van der Waals surface area contributed by atoms with Gasteiger partial charge in [-0.2, -0.15) is 0 Å². The van der Waals surface area contributed by atoms with Gasteiger partial charge in [-0.05, 0) is 6.42 Å². The number of halogens is 1. The van der Waals surface area contributed by atoms with Gasteiger partial charge in [0.1, 0.15) is 0 Å². The van der Waals surface area contributed by atoms with Crippen LogP contribution in [0, 0.1) is 0 Å². The van der Waals surface area contributed by atoms with E-state index in [1.54, 1.807) is 6.08 Å². The number of aliphatic hydroxyl groups excluding tert-OH is 2. The first-order valence-corrected chi connectivity index (χ1v) is 3.49. The van der Waals surface area contributed by atoms with Gasteiger partial charge in [-0.15, -0.1) is 6.58 Å². The molecule has 0 unspecified atom stereocenters. The molecule has 0 amide bonds. The van der Waals surface area contributed by atoms with Crippen LogP contribution in [0.25, 0.3) is 0 Å². The van der Waals surface area contributed by atoms with Crippen molar-refractivity contribution in [3.63, 3.8) is 0 Å². The molecule has 0 fully saturated rings. The maximum atomic E-state index is 8.66. The van der Waals surface area contributed by atoms with Crippen LogP contribution in [0.3, 0.4) is 0 Å². The van der Waals surface area contributed by atoms with Gasteiger partial charge >= 0.3 is 0 Å². The summed E-state index contributed by atoms with van der Waals surface area (Å²) >= 11 is 3.17. The van der Waals surface area contributed by atoms with E-state index in [2.05, 4.69) is 22.5 Å². The summed E-state index contributed by atoms with van der Waals surface area (Å²) in [6, 6.07) is 0. The minimum Gasteiger partial charge on any atom is -0.395 e. The molecule has 0 spiro atoms. The Morgan fingerprint density at radius 3 is 2.00 bits per heavy atom. The second kappa shape index (κ2) is 4.04. The number of aliphatic hydroxyl groups is 2. The monoisotopic (exact) mass is 194 g/mol. The van der Waals surface area contributed by atoms with Gasteiger partial charge in [0.15, 0.2) is 0 Å². The topological polar surface area (TPSA) is 40.5 Å². The second-order valence-corrected chi connectivity index (χ2v) is 3.64. The normalized spacial score (nSPS) is 11.4. The van der Waals surface area contributed by atoms with E-state index >= 15 is 0 Å². The van der Waals surface area contributed by atoms with Crippen LogP contribution in [-0.2, 0) is 0 Å². The van der Waals surface area contributed by atoms with Gasteiger partial charge in [0.2, 0.25) is 0 Å². The lowest BCUT2D eigenvalue weighted by Crippen LogP contribution is -2.29. The van der Waals surface area contributed by atoms with Crippen molar-refractivity contribution in [1.29, 1.82) is 0 Å². The molecule has 0 rings (SSSR count). The highest BCUT2D eigenvalue weighted by atomic mass is 79.9. The molecule has 0 saturated heterocycles. The van der Waals surface area contributed by atoms with E-state index in [1.165, 1.54) is 0 Å². The van der Waals surface area contributed by atoms with Crippen LogP contribution in [0.4, 0.5) is 0 Å². The Balaban J connectivity index is 3.75. The molecule has 9 heavy (non-hydrogen) atoms. The molecule has 0 aliphatic carbocycles. The summed E-state index contributed by atoms with van der Waals surface area (Å²) < 4.78 is -0.561. The van der Waals surface area contributed by atoms with E-state index in [-0.39, 0.29) is 13.2 Å². The van der Waals surface area contributed by atoms with Crippen LogP contribution in [0.15, 0.2) is 12.7 Å². The van der Waals surface area contributed by atoms with E-state index < -0.39 is 4.32 Å². The standard InChI is InChI=1S/C6H11BrO2/c1-2-3-6(7,4-8)5-9/h2,8-9H,1,3-5H2. The Morgan fingerprint density at radius 2 is 1.89 bits per heavy atom. The Morgan fingerprint density at radius 1 is 1.44 bits per heavy atom. The van der Waals surface area contributed by atoms with Crippen molar-refractivity contribution >= 4 is 15.9 Å². The number of rotatable bonds is 4. The minimum absolute atomic E-state index is 0.0739. The summed E-state index contributed by atoms with van der Waals surface area (Å²) in [5.74, 6) is 0. The lowest BCUT2D eigenvalue weighted by atomic mass is 10.1. The van der Waals surface area contributed by atoms with Crippen molar-refractivity contribution in [2.24, 2.45) is 0 Å². The van der Waals surface area contributed by atoms with Crippen LogP contribution < -0.4 is 0 Å². The molecule has 0 heterocycles. The van der Waals surface area contributed by atoms with Gasteiger partial charge in [0.25, 0.3) is 0 Å². The van der Waals surface area contributed by atoms with E-state index in [1.807, 2.05) is 0 Å². The van der Waals surface area contributed by atoms with Gasteiger partial charge in [0, 0.05) is 0 Å². The highest BCUT2D eigenvalue weighted by molar-refractivity contribution is 9.10. The fourth-order valence-corrected chi connectivity index (χ4v) is 0.667. The summed E-state index contributed by atoms with van der Waals surface area (Å²) in [6.07, 6.45) is 2.22. The zero-order chi connectivity index (χ0) is 7.33. The van der Waals surface area contributed by atoms with Crippen LogP contribution in [0.5, 0.6) is 0 Å². The second-order valence-electron chi connectivity index (χ2n) is 1.96. The van der Waals surface area contributed by atoms with Crippen LogP contribution in [0.2, 0.25) is 0 Å². The molecule has 3 heteroatoms. The quantitative estimate of drug-likeness (QED) is 0.511. The summed E-state index contributed by atoms with van der Waals surface area (Å²) in [4.78, 5) is 0. The van der Waals surface area contributed by atoms with Crippen molar-refractivity contribution in [3.8, 4) is 0 Å². The van der Waals surface area contributed by atoms with Crippen molar-refractivity contribution in [1.82, 2.24) is 0 Å². The van der Waals surface area contributed by atoms with Crippen molar-refractivity contribution in [3.05, 3.63) is 12.7 Å². The Hall–Kier alpha value is 0.140. The molecule has 0 bridgehead atoms. The van der Waals surface area contributed by atoms with E-state index in [4.69, 9.17) is 10.2 Å². The summed E-state index contributed by atoms with van der Waals surface area (Å²) in [6.45, 7) is 3.34. The van der Waals surface area contributed by atoms with Crippen molar-refractivity contribution in [2.45, 2.75) is 10.7 Å². The Bertz CT molecular complexity index is 89.1. The number of hydrogen-bond donors (Lipinski definition) is 2. The summed E-state index contributed by atoms with van der Waals surface area (Å²) in [5, 5.41) is 17.3. The third kappa shape index (κ3) is 2.98. The largest absolute Gasteiger partial charge is 0.395 e. The zero-order valence-corrected chi connectivity index (χ0v) is 6.76. The maximum Gasteiger partial charge on any atom is 0.0752 e. The number of hydrogen-bond acceptors (Lipinski definition) is 2. The van der Waals surface area contributed by atoms with E-state index in [0.717, 1.165) is 0 Å². The first-order valence-electron chi connectivity index (χ1n) is 2.70. The molecule has 2 N–H and O–H groups in total. The first-order chi connectivity index (χ1) is 4.18. The third-order valence-corrected chi connectivity index (χ3v) is 1.90. The smallest absolute Gasteiger partial charge is 0.0752 e. The average molecular weight is 195 g/mol. The van der Waals surface area contributed by atoms with E-state index in [9.17, 15) is 0 Å². The van der Waals surface area contributed by atoms with Crippen LogP contribution >= 0.6 is 15.9 Å². The maximum absolute atomic E-state index is 8.66. The average Bonchev–Trinajstić information content (AvgIpc) is 1.89.